The highest BCUT2D eigenvalue weighted by Crippen LogP contribution is 2.27. The van der Waals surface area contributed by atoms with E-state index in [0.717, 1.165) is 4.90 Å². The van der Waals surface area contributed by atoms with Gasteiger partial charge in [-0.05, 0) is 60.7 Å². The first-order valence-corrected chi connectivity index (χ1v) is 9.27. The molecule has 4 N–H and O–H groups in total. The van der Waals surface area contributed by atoms with E-state index in [4.69, 9.17) is 28.9 Å². The van der Waals surface area contributed by atoms with Gasteiger partial charge < -0.3 is 11.1 Å². The molecule has 29 heavy (non-hydrogen) atoms. The zero-order valence-electron chi connectivity index (χ0n) is 14.6. The number of nitrogens with zero attached hydrogens (tertiary/aromatic N) is 2. The van der Waals surface area contributed by atoms with Crippen LogP contribution >= 0.6 is 35.4 Å². The van der Waals surface area contributed by atoms with Crippen molar-refractivity contribution in [2.45, 2.75) is 0 Å². The molecule has 0 aromatic heterocycles. The first kappa shape index (κ1) is 20.7. The molecule has 1 saturated heterocycles. The fourth-order valence-electron chi connectivity index (χ4n) is 2.63. The highest BCUT2D eigenvalue weighted by Gasteiger charge is 2.50. The van der Waals surface area contributed by atoms with Gasteiger partial charge in [0.05, 0.1) is 5.69 Å². The number of hydrogen-bond donors (Lipinski definition) is 3. The summed E-state index contributed by atoms with van der Waals surface area (Å²) in [5.41, 5.74) is 7.90. The van der Waals surface area contributed by atoms with Gasteiger partial charge in [-0.3, -0.25) is 19.8 Å². The summed E-state index contributed by atoms with van der Waals surface area (Å²) in [5, 5.41) is 7.04. The first-order chi connectivity index (χ1) is 13.8. The molecule has 1 atom stereocenters. The molecule has 1 heterocycles. The molecule has 3 amide bonds. The van der Waals surface area contributed by atoms with Gasteiger partial charge in [0.15, 0.2) is 11.0 Å². The predicted molar refractivity (Wildman–Crippen MR) is 115 cm³/mol. The molecule has 0 saturated carbocycles. The van der Waals surface area contributed by atoms with Crippen LogP contribution in [0.5, 0.6) is 0 Å². The quantitative estimate of drug-likeness (QED) is 0.285. The van der Waals surface area contributed by atoms with Crippen molar-refractivity contribution in [2.24, 2.45) is 16.8 Å². The topological polar surface area (TPSA) is 117 Å². The second-order valence-electron chi connectivity index (χ2n) is 5.86. The molecule has 0 bridgehead atoms. The lowest BCUT2D eigenvalue weighted by Crippen LogP contribution is -2.35. The van der Waals surface area contributed by atoms with E-state index in [0.29, 0.717) is 15.7 Å². The Labute approximate surface area is 180 Å². The Morgan fingerprint density at radius 2 is 1.59 bits per heavy atom. The van der Waals surface area contributed by atoms with Crippen LogP contribution in [0.4, 0.5) is 11.4 Å². The van der Waals surface area contributed by atoms with Gasteiger partial charge in [0.2, 0.25) is 5.91 Å². The molecule has 8 nitrogen and oxygen atoms in total. The minimum Gasteiger partial charge on any atom is -0.375 e. The SMILES string of the molecule is NC(=S)N/N=C1\C(=O)N(c2ccc(Cl)cc2)C(=O)[C@@H]1C(=O)Nc1ccc(Cl)cc1. The van der Waals surface area contributed by atoms with Crippen LogP contribution in [-0.4, -0.2) is 28.5 Å². The molecule has 3 rings (SSSR count). The molecule has 0 aliphatic carbocycles. The van der Waals surface area contributed by atoms with E-state index in [2.05, 4.69) is 28.1 Å². The number of thiocarbonyl (C=S) groups is 1. The standard InChI is InChI=1S/C18H13Cl2N5O3S/c19-9-1-5-11(6-2-9)22-15(26)13-14(23-24-18(21)29)17(28)25(16(13)27)12-7-3-10(20)4-8-12/h1-8,13H,(H,22,26)(H3,21,24,29)/b23-14-/t13-/m0/s1. The van der Waals surface area contributed by atoms with Gasteiger partial charge >= 0.3 is 0 Å². The molecule has 1 aliphatic heterocycles. The Morgan fingerprint density at radius 3 is 2.14 bits per heavy atom. The Hall–Kier alpha value is -3.01. The van der Waals surface area contributed by atoms with Crippen LogP contribution in [-0.2, 0) is 14.4 Å². The van der Waals surface area contributed by atoms with Crippen LogP contribution in [0.2, 0.25) is 10.0 Å². The largest absolute Gasteiger partial charge is 0.375 e. The second kappa shape index (κ2) is 8.56. The van der Waals surface area contributed by atoms with Crippen molar-refractivity contribution in [1.82, 2.24) is 5.43 Å². The third-order valence-electron chi connectivity index (χ3n) is 3.91. The van der Waals surface area contributed by atoms with Gasteiger partial charge in [0.25, 0.3) is 11.8 Å². The Balaban J connectivity index is 1.95. The van der Waals surface area contributed by atoms with Crippen molar-refractivity contribution in [1.29, 1.82) is 0 Å². The Kier molecular flexibility index (Phi) is 6.12. The maximum Gasteiger partial charge on any atom is 0.282 e. The smallest absolute Gasteiger partial charge is 0.282 e. The number of carbonyl (C=O) groups excluding carboxylic acids is 3. The van der Waals surface area contributed by atoms with Gasteiger partial charge in [-0.1, -0.05) is 23.2 Å². The summed E-state index contributed by atoms with van der Waals surface area (Å²) in [6.45, 7) is 0. The van der Waals surface area contributed by atoms with Crippen LogP contribution in [0.3, 0.4) is 0 Å². The van der Waals surface area contributed by atoms with Gasteiger partial charge in [0, 0.05) is 15.7 Å². The molecule has 1 fully saturated rings. The summed E-state index contributed by atoms with van der Waals surface area (Å²) in [7, 11) is 0. The molecule has 11 heteroatoms. The van der Waals surface area contributed by atoms with E-state index in [1.54, 1.807) is 24.3 Å². The first-order valence-electron chi connectivity index (χ1n) is 8.11. The summed E-state index contributed by atoms with van der Waals surface area (Å²) >= 11 is 16.4. The molecular weight excluding hydrogens is 437 g/mol. The monoisotopic (exact) mass is 449 g/mol. The van der Waals surface area contributed by atoms with Crippen molar-refractivity contribution in [2.75, 3.05) is 10.2 Å². The Bertz CT molecular complexity index is 1020. The minimum atomic E-state index is -1.50. The van der Waals surface area contributed by atoms with E-state index in [9.17, 15) is 14.4 Å². The van der Waals surface area contributed by atoms with E-state index in [-0.39, 0.29) is 16.5 Å². The number of hydrogen-bond acceptors (Lipinski definition) is 5. The van der Waals surface area contributed by atoms with E-state index < -0.39 is 23.6 Å². The molecule has 148 valence electrons. The molecule has 0 spiro atoms. The molecule has 0 unspecified atom stereocenters. The summed E-state index contributed by atoms with van der Waals surface area (Å²) in [6.07, 6.45) is 0. The maximum atomic E-state index is 13.0. The van der Waals surface area contributed by atoms with Gasteiger partial charge in [0.1, 0.15) is 5.71 Å². The Morgan fingerprint density at radius 1 is 1.03 bits per heavy atom. The highest BCUT2D eigenvalue weighted by atomic mass is 35.5. The number of rotatable bonds is 4. The van der Waals surface area contributed by atoms with Gasteiger partial charge in [-0.15, -0.1) is 0 Å². The number of halogens is 2. The zero-order chi connectivity index (χ0) is 21.1. The van der Waals surface area contributed by atoms with Crippen LogP contribution in [0.25, 0.3) is 0 Å². The summed E-state index contributed by atoms with van der Waals surface area (Å²) < 4.78 is 0. The molecule has 2 aromatic rings. The zero-order valence-corrected chi connectivity index (χ0v) is 16.9. The fraction of sp³-hybridized carbons (Fsp3) is 0.0556. The number of anilines is 2. The number of hydrazone groups is 1. The normalized spacial score (nSPS) is 17.5. The fourth-order valence-corrected chi connectivity index (χ4v) is 2.93. The number of benzene rings is 2. The second-order valence-corrected chi connectivity index (χ2v) is 7.17. The van der Waals surface area contributed by atoms with Crippen molar-refractivity contribution in [3.63, 3.8) is 0 Å². The molecular formula is C18H13Cl2N5O3S. The molecule has 2 aromatic carbocycles. The number of imide groups is 1. The maximum absolute atomic E-state index is 13.0. The van der Waals surface area contributed by atoms with Crippen LogP contribution in [0.1, 0.15) is 0 Å². The van der Waals surface area contributed by atoms with Crippen molar-refractivity contribution < 1.29 is 14.4 Å². The van der Waals surface area contributed by atoms with Gasteiger partial charge in [-0.25, -0.2) is 4.90 Å². The predicted octanol–water partition coefficient (Wildman–Crippen LogP) is 2.31. The number of amides is 3. The van der Waals surface area contributed by atoms with Crippen molar-refractivity contribution >= 4 is 75.3 Å². The lowest BCUT2D eigenvalue weighted by atomic mass is 10.0. The third-order valence-corrected chi connectivity index (χ3v) is 4.50. The summed E-state index contributed by atoms with van der Waals surface area (Å²) in [4.78, 5) is 39.5. The molecule has 1 aliphatic rings. The lowest BCUT2D eigenvalue weighted by Gasteiger charge is -2.14. The lowest BCUT2D eigenvalue weighted by molar-refractivity contribution is -0.127. The minimum absolute atomic E-state index is 0.223. The highest BCUT2D eigenvalue weighted by molar-refractivity contribution is 7.80. The van der Waals surface area contributed by atoms with Crippen molar-refractivity contribution in [3.8, 4) is 0 Å². The molecule has 0 radical (unpaired) electrons. The van der Waals surface area contributed by atoms with Crippen LogP contribution in [0.15, 0.2) is 53.6 Å². The summed E-state index contributed by atoms with van der Waals surface area (Å²) in [6, 6.07) is 12.3. The van der Waals surface area contributed by atoms with Crippen molar-refractivity contribution in [3.05, 3.63) is 58.6 Å². The third kappa shape index (κ3) is 4.53. The average Bonchev–Trinajstić information content (AvgIpc) is 2.92. The van der Waals surface area contributed by atoms with E-state index in [1.807, 2.05) is 0 Å². The van der Waals surface area contributed by atoms with E-state index in [1.165, 1.54) is 24.3 Å². The van der Waals surface area contributed by atoms with Crippen LogP contribution in [0, 0.1) is 5.92 Å². The number of nitrogens with one attached hydrogen (secondary N) is 2. The van der Waals surface area contributed by atoms with E-state index >= 15 is 0 Å². The summed E-state index contributed by atoms with van der Waals surface area (Å²) in [5.74, 6) is -3.80. The van der Waals surface area contributed by atoms with Gasteiger partial charge in [-0.2, -0.15) is 5.10 Å². The number of carbonyl (C=O) groups is 3. The van der Waals surface area contributed by atoms with Crippen LogP contribution < -0.4 is 21.4 Å². The average molecular weight is 450 g/mol. The number of nitrogens with two attached hydrogens (primary N) is 1.